The van der Waals surface area contributed by atoms with Gasteiger partial charge in [0.2, 0.25) is 5.91 Å². The molecule has 3 atom stereocenters. The van der Waals surface area contributed by atoms with E-state index >= 15 is 0 Å². The first kappa shape index (κ1) is 13.5. The highest BCUT2D eigenvalue weighted by Gasteiger charge is 2.25. The fourth-order valence-corrected chi connectivity index (χ4v) is 2.15. The van der Waals surface area contributed by atoms with Gasteiger partial charge in [0, 0.05) is 19.1 Å². The number of carbonyl (C=O) groups excluding carboxylic acids is 1. The number of rotatable bonds is 5. The average Bonchev–Trinajstić information content (AvgIpc) is 2.28. The van der Waals surface area contributed by atoms with Crippen LogP contribution < -0.4 is 10.6 Å². The highest BCUT2D eigenvalue weighted by molar-refractivity contribution is 5.79. The zero-order valence-corrected chi connectivity index (χ0v) is 10.6. The van der Waals surface area contributed by atoms with Crippen LogP contribution in [0.4, 0.5) is 0 Å². The number of carbonyl (C=O) groups is 1. The first-order valence-electron chi connectivity index (χ1n) is 6.20. The van der Waals surface area contributed by atoms with Crippen molar-refractivity contribution in [2.24, 2.45) is 5.92 Å². The van der Waals surface area contributed by atoms with Crippen molar-refractivity contribution in [3.63, 3.8) is 0 Å². The van der Waals surface area contributed by atoms with Gasteiger partial charge in [0.15, 0.2) is 0 Å². The Bertz CT molecular complexity index is 221. The molecule has 0 aromatic carbocycles. The lowest BCUT2D eigenvalue weighted by Gasteiger charge is -2.28. The van der Waals surface area contributed by atoms with Gasteiger partial charge in [-0.3, -0.25) is 4.79 Å². The monoisotopic (exact) mass is 228 g/mol. The molecule has 1 saturated heterocycles. The number of piperidine rings is 1. The molecule has 0 bridgehead atoms. The van der Waals surface area contributed by atoms with Crippen molar-refractivity contribution in [1.29, 1.82) is 0 Å². The van der Waals surface area contributed by atoms with Crippen LogP contribution in [0.1, 0.15) is 33.1 Å². The number of methoxy groups -OCH3 is 1. The summed E-state index contributed by atoms with van der Waals surface area (Å²) in [6.07, 6.45) is 2.80. The third-order valence-corrected chi connectivity index (χ3v) is 3.20. The Kier molecular flexibility index (Phi) is 5.77. The lowest BCUT2D eigenvalue weighted by Crippen LogP contribution is -2.46. The van der Waals surface area contributed by atoms with E-state index in [0.717, 1.165) is 25.8 Å². The Balaban J connectivity index is 2.37. The Morgan fingerprint density at radius 3 is 2.94 bits per heavy atom. The average molecular weight is 228 g/mol. The van der Waals surface area contributed by atoms with E-state index in [-0.39, 0.29) is 17.9 Å². The minimum absolute atomic E-state index is 0.155. The fraction of sp³-hybridized carbons (Fsp3) is 0.917. The van der Waals surface area contributed by atoms with Crippen molar-refractivity contribution in [2.45, 2.75) is 45.2 Å². The van der Waals surface area contributed by atoms with Gasteiger partial charge in [-0.25, -0.2) is 0 Å². The molecule has 0 spiro atoms. The highest BCUT2D eigenvalue weighted by atomic mass is 16.5. The van der Waals surface area contributed by atoms with Gasteiger partial charge in [-0.2, -0.15) is 0 Å². The maximum Gasteiger partial charge on any atom is 0.223 e. The van der Waals surface area contributed by atoms with Gasteiger partial charge in [-0.05, 0) is 32.7 Å². The van der Waals surface area contributed by atoms with Gasteiger partial charge in [-0.15, -0.1) is 0 Å². The van der Waals surface area contributed by atoms with Crippen LogP contribution in [0, 0.1) is 5.92 Å². The molecule has 2 N–H and O–H groups in total. The quantitative estimate of drug-likeness (QED) is 0.735. The third kappa shape index (κ3) is 4.10. The topological polar surface area (TPSA) is 50.4 Å². The summed E-state index contributed by atoms with van der Waals surface area (Å²) in [5.74, 6) is 0.361. The van der Waals surface area contributed by atoms with Gasteiger partial charge in [0.25, 0.3) is 0 Å². The van der Waals surface area contributed by atoms with Crippen LogP contribution in [0.5, 0.6) is 0 Å². The van der Waals surface area contributed by atoms with Crippen molar-refractivity contribution >= 4 is 5.91 Å². The predicted molar refractivity (Wildman–Crippen MR) is 64.3 cm³/mol. The summed E-state index contributed by atoms with van der Waals surface area (Å²) in [7, 11) is 1.67. The number of hydrogen-bond donors (Lipinski definition) is 2. The summed E-state index contributed by atoms with van der Waals surface area (Å²) in [5, 5.41) is 6.42. The molecule has 0 aliphatic carbocycles. The van der Waals surface area contributed by atoms with Crippen LogP contribution in [-0.4, -0.2) is 38.3 Å². The van der Waals surface area contributed by atoms with Crippen LogP contribution in [0.15, 0.2) is 0 Å². The minimum atomic E-state index is 0.155. The zero-order chi connectivity index (χ0) is 12.0. The molecule has 94 valence electrons. The van der Waals surface area contributed by atoms with E-state index < -0.39 is 0 Å². The number of amides is 1. The van der Waals surface area contributed by atoms with E-state index in [4.69, 9.17) is 4.74 Å². The largest absolute Gasteiger partial charge is 0.383 e. The molecule has 1 aliphatic rings. The fourth-order valence-electron chi connectivity index (χ4n) is 2.15. The molecular formula is C12H24N2O2. The van der Waals surface area contributed by atoms with Gasteiger partial charge >= 0.3 is 0 Å². The Hall–Kier alpha value is -0.610. The molecule has 16 heavy (non-hydrogen) atoms. The molecule has 0 aromatic heterocycles. The molecule has 1 unspecified atom stereocenters. The summed E-state index contributed by atoms with van der Waals surface area (Å²) in [4.78, 5) is 12.0. The Morgan fingerprint density at radius 2 is 2.38 bits per heavy atom. The SMILES string of the molecule is CCC(COC)NC(=O)[C@H]1CCN[C@@H](C)C1. The molecule has 4 heteroatoms. The molecule has 1 amide bonds. The van der Waals surface area contributed by atoms with E-state index in [1.54, 1.807) is 7.11 Å². The van der Waals surface area contributed by atoms with Gasteiger partial charge in [0.05, 0.1) is 12.6 Å². The van der Waals surface area contributed by atoms with Crippen molar-refractivity contribution in [2.75, 3.05) is 20.3 Å². The van der Waals surface area contributed by atoms with E-state index in [0.29, 0.717) is 12.6 Å². The van der Waals surface area contributed by atoms with E-state index in [9.17, 15) is 4.79 Å². The number of hydrogen-bond acceptors (Lipinski definition) is 3. The van der Waals surface area contributed by atoms with Gasteiger partial charge in [-0.1, -0.05) is 6.92 Å². The lowest BCUT2D eigenvalue weighted by molar-refractivity contribution is -0.127. The molecule has 0 radical (unpaired) electrons. The maximum atomic E-state index is 12.0. The lowest BCUT2D eigenvalue weighted by atomic mass is 9.92. The molecule has 0 saturated carbocycles. The first-order chi connectivity index (χ1) is 7.67. The van der Waals surface area contributed by atoms with Crippen molar-refractivity contribution in [3.8, 4) is 0 Å². The summed E-state index contributed by atoms with van der Waals surface area (Å²) in [6, 6.07) is 0.606. The van der Waals surface area contributed by atoms with Crippen LogP contribution in [-0.2, 0) is 9.53 Å². The van der Waals surface area contributed by atoms with E-state index in [2.05, 4.69) is 24.5 Å². The highest BCUT2D eigenvalue weighted by Crippen LogP contribution is 2.16. The Labute approximate surface area is 98.1 Å². The van der Waals surface area contributed by atoms with Gasteiger partial charge in [0.1, 0.15) is 0 Å². The summed E-state index contributed by atoms with van der Waals surface area (Å²) in [6.45, 7) is 5.74. The molecule has 1 rings (SSSR count). The second-order valence-corrected chi connectivity index (χ2v) is 4.65. The minimum Gasteiger partial charge on any atom is -0.383 e. The third-order valence-electron chi connectivity index (χ3n) is 3.20. The molecule has 1 aliphatic heterocycles. The normalized spacial score (nSPS) is 27.4. The van der Waals surface area contributed by atoms with Crippen molar-refractivity contribution in [3.05, 3.63) is 0 Å². The van der Waals surface area contributed by atoms with Gasteiger partial charge < -0.3 is 15.4 Å². The molecule has 4 nitrogen and oxygen atoms in total. The molecule has 1 heterocycles. The standard InChI is InChI=1S/C12H24N2O2/c1-4-11(8-16-3)14-12(15)10-5-6-13-9(2)7-10/h9-11,13H,4-8H2,1-3H3,(H,14,15)/t9-,10-,11?/m0/s1. The Morgan fingerprint density at radius 1 is 1.62 bits per heavy atom. The molecule has 0 aromatic rings. The first-order valence-corrected chi connectivity index (χ1v) is 6.20. The van der Waals surface area contributed by atoms with Crippen LogP contribution in [0.3, 0.4) is 0 Å². The maximum absolute atomic E-state index is 12.0. The molecular weight excluding hydrogens is 204 g/mol. The summed E-state index contributed by atoms with van der Waals surface area (Å²) >= 11 is 0. The second-order valence-electron chi connectivity index (χ2n) is 4.65. The van der Waals surface area contributed by atoms with Crippen LogP contribution in [0.25, 0.3) is 0 Å². The van der Waals surface area contributed by atoms with Crippen LogP contribution in [0.2, 0.25) is 0 Å². The van der Waals surface area contributed by atoms with E-state index in [1.807, 2.05) is 0 Å². The second kappa shape index (κ2) is 6.86. The number of ether oxygens (including phenoxy) is 1. The van der Waals surface area contributed by atoms with Crippen molar-refractivity contribution in [1.82, 2.24) is 10.6 Å². The molecule has 1 fully saturated rings. The summed E-state index contributed by atoms with van der Waals surface area (Å²) in [5.41, 5.74) is 0. The number of nitrogens with one attached hydrogen (secondary N) is 2. The smallest absolute Gasteiger partial charge is 0.223 e. The van der Waals surface area contributed by atoms with E-state index in [1.165, 1.54) is 0 Å². The zero-order valence-electron chi connectivity index (χ0n) is 10.6. The predicted octanol–water partition coefficient (Wildman–Crippen LogP) is 0.916. The summed E-state index contributed by atoms with van der Waals surface area (Å²) < 4.78 is 5.08. The van der Waals surface area contributed by atoms with Crippen LogP contribution >= 0.6 is 0 Å². The van der Waals surface area contributed by atoms with Crippen molar-refractivity contribution < 1.29 is 9.53 Å².